The van der Waals surface area contributed by atoms with Crippen LogP contribution < -0.4 is 5.32 Å². The summed E-state index contributed by atoms with van der Waals surface area (Å²) in [4.78, 5) is 17.5. The molecule has 164 valence electrons. The molecule has 1 N–H and O–H groups in total. The van der Waals surface area contributed by atoms with Crippen LogP contribution in [0.5, 0.6) is 0 Å². The van der Waals surface area contributed by atoms with Crippen LogP contribution in [0.25, 0.3) is 0 Å². The number of carbonyl (C=O) groups is 1. The van der Waals surface area contributed by atoms with Crippen molar-refractivity contribution in [2.75, 3.05) is 59.4 Å². The Balaban J connectivity index is 1.46. The fourth-order valence-electron chi connectivity index (χ4n) is 3.98. The van der Waals surface area contributed by atoms with Crippen LogP contribution in [0.15, 0.2) is 17.2 Å². The summed E-state index contributed by atoms with van der Waals surface area (Å²) < 4.78 is 28.8. The van der Waals surface area contributed by atoms with E-state index >= 15 is 0 Å². The minimum atomic E-state index is -3.52. The van der Waals surface area contributed by atoms with Crippen molar-refractivity contribution < 1.29 is 13.2 Å². The van der Waals surface area contributed by atoms with Gasteiger partial charge in [-0.25, -0.2) is 8.42 Å². The third kappa shape index (κ3) is 5.81. The van der Waals surface area contributed by atoms with Gasteiger partial charge in [-0.3, -0.25) is 4.79 Å². The summed E-state index contributed by atoms with van der Waals surface area (Å²) in [6, 6.07) is 1.50. The zero-order chi connectivity index (χ0) is 20.9. The van der Waals surface area contributed by atoms with Crippen LogP contribution in [0.2, 0.25) is 0 Å². The lowest BCUT2D eigenvalue weighted by molar-refractivity contribution is 0.0943. The molecule has 0 bridgehead atoms. The SMILES string of the molecule is CN1CCN(CCCCNC(=O)c2cc(S(=O)(=O)N3CCCCC3)cn2C)CC1. The van der Waals surface area contributed by atoms with E-state index in [0.717, 1.165) is 64.8 Å². The first-order valence-electron chi connectivity index (χ1n) is 10.7. The minimum absolute atomic E-state index is 0.210. The molecule has 0 unspecified atom stereocenters. The van der Waals surface area contributed by atoms with Crippen LogP contribution >= 0.6 is 0 Å². The quantitative estimate of drug-likeness (QED) is 0.628. The summed E-state index contributed by atoms with van der Waals surface area (Å²) in [6.45, 7) is 7.25. The van der Waals surface area contributed by atoms with Gasteiger partial charge >= 0.3 is 0 Å². The van der Waals surface area contributed by atoms with Gasteiger partial charge in [0, 0.05) is 59.1 Å². The molecule has 1 amide bonds. The molecule has 1 aromatic rings. The lowest BCUT2D eigenvalue weighted by Gasteiger charge is -2.32. The van der Waals surface area contributed by atoms with Crippen molar-refractivity contribution in [1.29, 1.82) is 0 Å². The van der Waals surface area contributed by atoms with E-state index in [4.69, 9.17) is 0 Å². The second-order valence-corrected chi connectivity index (χ2v) is 10.2. The van der Waals surface area contributed by atoms with Crippen molar-refractivity contribution >= 4 is 15.9 Å². The average molecular weight is 426 g/mol. The molecule has 2 aliphatic rings. The number of piperazine rings is 1. The molecule has 8 nitrogen and oxygen atoms in total. The Morgan fingerprint density at radius 3 is 2.38 bits per heavy atom. The number of rotatable bonds is 8. The lowest BCUT2D eigenvalue weighted by Crippen LogP contribution is -2.44. The highest BCUT2D eigenvalue weighted by atomic mass is 32.2. The highest BCUT2D eigenvalue weighted by Gasteiger charge is 2.28. The van der Waals surface area contributed by atoms with Gasteiger partial charge in [-0.1, -0.05) is 6.42 Å². The number of amides is 1. The molecular formula is C20H35N5O3S. The first-order valence-corrected chi connectivity index (χ1v) is 12.2. The molecule has 2 aliphatic heterocycles. The van der Waals surface area contributed by atoms with E-state index in [1.807, 2.05) is 0 Å². The molecule has 0 atom stereocenters. The number of aryl methyl sites for hydroxylation is 1. The van der Waals surface area contributed by atoms with Crippen LogP contribution in [-0.4, -0.2) is 92.4 Å². The summed E-state index contributed by atoms with van der Waals surface area (Å²) in [5.74, 6) is -0.216. The molecule has 29 heavy (non-hydrogen) atoms. The number of sulfonamides is 1. The molecule has 0 saturated carbocycles. The van der Waals surface area contributed by atoms with E-state index in [-0.39, 0.29) is 10.8 Å². The van der Waals surface area contributed by atoms with Gasteiger partial charge in [0.15, 0.2) is 0 Å². The van der Waals surface area contributed by atoms with Gasteiger partial charge in [0.2, 0.25) is 10.0 Å². The summed E-state index contributed by atoms with van der Waals surface area (Å²) in [5, 5.41) is 2.93. The average Bonchev–Trinajstić information content (AvgIpc) is 3.12. The molecule has 3 heterocycles. The third-order valence-electron chi connectivity index (χ3n) is 5.95. The van der Waals surface area contributed by atoms with E-state index < -0.39 is 10.0 Å². The topological polar surface area (TPSA) is 77.9 Å². The van der Waals surface area contributed by atoms with Gasteiger partial charge in [0.1, 0.15) is 10.6 Å². The van der Waals surface area contributed by atoms with Crippen LogP contribution in [0, 0.1) is 0 Å². The maximum atomic E-state index is 12.8. The maximum absolute atomic E-state index is 12.8. The largest absolute Gasteiger partial charge is 0.351 e. The van der Waals surface area contributed by atoms with E-state index in [0.29, 0.717) is 25.3 Å². The van der Waals surface area contributed by atoms with Crippen molar-refractivity contribution in [2.45, 2.75) is 37.0 Å². The number of likely N-dealkylation sites (N-methyl/N-ethyl adjacent to an activating group) is 1. The molecule has 2 saturated heterocycles. The normalized spacial score (nSPS) is 20.1. The van der Waals surface area contributed by atoms with Gasteiger partial charge in [-0.2, -0.15) is 4.31 Å². The Hall–Kier alpha value is -1.42. The number of nitrogens with one attached hydrogen (secondary N) is 1. The molecule has 1 aromatic heterocycles. The van der Waals surface area contributed by atoms with E-state index in [9.17, 15) is 13.2 Å². The minimum Gasteiger partial charge on any atom is -0.351 e. The second kappa shape index (κ2) is 10.1. The number of unbranched alkanes of at least 4 members (excludes halogenated alkanes) is 1. The summed E-state index contributed by atoms with van der Waals surface area (Å²) in [6.07, 6.45) is 6.38. The number of piperidine rings is 1. The van der Waals surface area contributed by atoms with Crippen LogP contribution in [-0.2, 0) is 17.1 Å². The van der Waals surface area contributed by atoms with Gasteiger partial charge in [0.05, 0.1) is 0 Å². The van der Waals surface area contributed by atoms with Crippen LogP contribution in [0.4, 0.5) is 0 Å². The van der Waals surface area contributed by atoms with Crippen molar-refractivity contribution in [2.24, 2.45) is 7.05 Å². The second-order valence-electron chi connectivity index (χ2n) is 8.24. The van der Waals surface area contributed by atoms with Crippen molar-refractivity contribution in [3.63, 3.8) is 0 Å². The zero-order valence-corrected chi connectivity index (χ0v) is 18.6. The molecule has 0 spiro atoms. The van der Waals surface area contributed by atoms with Gasteiger partial charge in [-0.05, 0) is 45.3 Å². The Bertz CT molecular complexity index is 778. The van der Waals surface area contributed by atoms with Gasteiger partial charge in [0.25, 0.3) is 5.91 Å². The van der Waals surface area contributed by atoms with E-state index in [1.54, 1.807) is 17.8 Å². The number of hydrogen-bond acceptors (Lipinski definition) is 5. The first kappa shape index (κ1) is 22.3. The van der Waals surface area contributed by atoms with Crippen LogP contribution in [0.1, 0.15) is 42.6 Å². The Labute approximate surface area is 174 Å². The fraction of sp³-hybridized carbons (Fsp3) is 0.750. The number of carbonyl (C=O) groups excluding carboxylic acids is 1. The summed E-state index contributed by atoms with van der Waals surface area (Å²) in [7, 11) is 0.353. The highest BCUT2D eigenvalue weighted by Crippen LogP contribution is 2.22. The van der Waals surface area contributed by atoms with Crippen molar-refractivity contribution in [3.8, 4) is 0 Å². The smallest absolute Gasteiger partial charge is 0.267 e. The predicted octanol–water partition coefficient (Wildman–Crippen LogP) is 0.957. The molecular weight excluding hydrogens is 390 g/mol. The van der Waals surface area contributed by atoms with Crippen LogP contribution in [0.3, 0.4) is 0 Å². The zero-order valence-electron chi connectivity index (χ0n) is 17.8. The molecule has 2 fully saturated rings. The Morgan fingerprint density at radius 1 is 1.00 bits per heavy atom. The maximum Gasteiger partial charge on any atom is 0.267 e. The number of hydrogen-bond donors (Lipinski definition) is 1. The molecule has 0 aliphatic carbocycles. The first-order chi connectivity index (χ1) is 13.9. The van der Waals surface area contributed by atoms with Crippen molar-refractivity contribution in [1.82, 2.24) is 24.0 Å². The predicted molar refractivity (Wildman–Crippen MR) is 114 cm³/mol. The number of nitrogens with zero attached hydrogens (tertiary/aromatic N) is 4. The monoisotopic (exact) mass is 425 g/mol. The van der Waals surface area contributed by atoms with Crippen molar-refractivity contribution in [3.05, 3.63) is 18.0 Å². The molecule has 9 heteroatoms. The standard InChI is InChI=1S/C20H35N5O3S/c1-22-12-14-24(15-13-22)9-7-4-8-21-20(26)19-16-18(17-23(19)2)29(27,28)25-10-5-3-6-11-25/h16-17H,3-15H2,1-2H3,(H,21,26). The highest BCUT2D eigenvalue weighted by molar-refractivity contribution is 7.89. The van der Waals surface area contributed by atoms with E-state index in [1.165, 1.54) is 10.4 Å². The summed E-state index contributed by atoms with van der Waals surface area (Å²) in [5.41, 5.74) is 0.389. The fourth-order valence-corrected chi connectivity index (χ4v) is 5.57. The summed E-state index contributed by atoms with van der Waals surface area (Å²) >= 11 is 0. The Kier molecular flexibility index (Phi) is 7.72. The van der Waals surface area contributed by atoms with Gasteiger partial charge in [-0.15, -0.1) is 0 Å². The molecule has 3 rings (SSSR count). The Morgan fingerprint density at radius 2 is 1.69 bits per heavy atom. The molecule has 0 aromatic carbocycles. The lowest BCUT2D eigenvalue weighted by atomic mass is 10.2. The van der Waals surface area contributed by atoms with Gasteiger partial charge < -0.3 is 19.7 Å². The number of aromatic nitrogens is 1. The molecule has 0 radical (unpaired) electrons. The van der Waals surface area contributed by atoms with E-state index in [2.05, 4.69) is 22.2 Å². The third-order valence-corrected chi connectivity index (χ3v) is 7.81.